The van der Waals surface area contributed by atoms with Crippen LogP contribution in [0.5, 0.6) is 0 Å². The van der Waals surface area contributed by atoms with E-state index in [1.807, 2.05) is 6.92 Å². The van der Waals surface area contributed by atoms with Gasteiger partial charge in [-0.05, 0) is 44.9 Å². The predicted molar refractivity (Wildman–Crippen MR) is 47.3 cm³/mol. The van der Waals surface area contributed by atoms with Crippen LogP contribution in [0.15, 0.2) is 12.2 Å². The minimum atomic E-state index is -0.126. The van der Waals surface area contributed by atoms with Crippen molar-refractivity contribution < 1.29 is 5.11 Å². The molecule has 0 radical (unpaired) electrons. The van der Waals surface area contributed by atoms with Crippen molar-refractivity contribution in [3.8, 4) is 0 Å². The first kappa shape index (κ1) is 8.79. The summed E-state index contributed by atoms with van der Waals surface area (Å²) in [7, 11) is 0. The van der Waals surface area contributed by atoms with Gasteiger partial charge in [0.1, 0.15) is 0 Å². The summed E-state index contributed by atoms with van der Waals surface area (Å²) in [6.07, 6.45) is 3.42. The lowest BCUT2D eigenvalue weighted by atomic mass is 9.97. The van der Waals surface area contributed by atoms with Crippen LogP contribution in [-0.4, -0.2) is 11.2 Å². The smallest absolute Gasteiger partial charge is 0.0540 e. The fourth-order valence-corrected chi connectivity index (χ4v) is 1.90. The monoisotopic (exact) mass is 154 g/mol. The number of allylic oxidation sites excluding steroid dienone is 1. The second-order valence-corrected chi connectivity index (χ2v) is 3.86. The normalized spacial score (nSPS) is 33.7. The van der Waals surface area contributed by atoms with Gasteiger partial charge in [-0.3, -0.25) is 0 Å². The van der Waals surface area contributed by atoms with Crippen molar-refractivity contribution in [1.29, 1.82) is 0 Å². The summed E-state index contributed by atoms with van der Waals surface area (Å²) >= 11 is 0. The average Bonchev–Trinajstić information content (AvgIpc) is 2.33. The van der Waals surface area contributed by atoms with Crippen LogP contribution < -0.4 is 0 Å². The first-order valence-corrected chi connectivity index (χ1v) is 4.44. The molecule has 0 spiro atoms. The number of hydrogen-bond acceptors (Lipinski definition) is 1. The zero-order valence-electron chi connectivity index (χ0n) is 7.51. The molecule has 0 aromatic rings. The van der Waals surface area contributed by atoms with Crippen molar-refractivity contribution in [3.63, 3.8) is 0 Å². The first-order chi connectivity index (χ1) is 5.11. The number of aliphatic hydroxyl groups excluding tert-OH is 1. The summed E-state index contributed by atoms with van der Waals surface area (Å²) in [5, 5.41) is 9.32. The SMILES string of the molecule is C=C(C)C1CCC(C(C)O)C1. The molecule has 1 rings (SSSR count). The third-order valence-electron chi connectivity index (χ3n) is 2.85. The van der Waals surface area contributed by atoms with Crippen LogP contribution in [0.3, 0.4) is 0 Å². The third kappa shape index (κ3) is 2.06. The summed E-state index contributed by atoms with van der Waals surface area (Å²) in [5.74, 6) is 1.20. The van der Waals surface area contributed by atoms with Gasteiger partial charge < -0.3 is 5.11 Å². The molecule has 0 amide bonds. The molecule has 1 nitrogen and oxygen atoms in total. The highest BCUT2D eigenvalue weighted by molar-refractivity contribution is 5.00. The molecule has 64 valence electrons. The van der Waals surface area contributed by atoms with Crippen LogP contribution in [0.25, 0.3) is 0 Å². The lowest BCUT2D eigenvalue weighted by Crippen LogP contribution is -2.13. The Hall–Kier alpha value is -0.300. The molecule has 1 N–H and O–H groups in total. The van der Waals surface area contributed by atoms with E-state index in [2.05, 4.69) is 13.5 Å². The highest BCUT2D eigenvalue weighted by Crippen LogP contribution is 2.36. The van der Waals surface area contributed by atoms with E-state index in [4.69, 9.17) is 0 Å². The van der Waals surface area contributed by atoms with Crippen molar-refractivity contribution in [1.82, 2.24) is 0 Å². The van der Waals surface area contributed by atoms with Crippen LogP contribution in [0.2, 0.25) is 0 Å². The largest absolute Gasteiger partial charge is 0.393 e. The standard InChI is InChI=1S/C10H18O/c1-7(2)9-4-5-10(6-9)8(3)11/h8-11H,1,4-6H2,2-3H3. The van der Waals surface area contributed by atoms with Crippen molar-refractivity contribution >= 4 is 0 Å². The topological polar surface area (TPSA) is 20.2 Å². The molecule has 0 bridgehead atoms. The summed E-state index contributed by atoms with van der Waals surface area (Å²) in [4.78, 5) is 0. The fraction of sp³-hybridized carbons (Fsp3) is 0.800. The summed E-state index contributed by atoms with van der Waals surface area (Å²) in [6, 6.07) is 0. The molecule has 0 saturated heterocycles. The van der Waals surface area contributed by atoms with E-state index in [1.165, 1.54) is 18.4 Å². The molecule has 0 aromatic carbocycles. The molecular formula is C10H18O. The molecule has 1 fully saturated rings. The van der Waals surface area contributed by atoms with E-state index >= 15 is 0 Å². The van der Waals surface area contributed by atoms with Crippen molar-refractivity contribution in [2.24, 2.45) is 11.8 Å². The number of rotatable bonds is 2. The summed E-state index contributed by atoms with van der Waals surface area (Å²) < 4.78 is 0. The van der Waals surface area contributed by atoms with Crippen molar-refractivity contribution in [3.05, 3.63) is 12.2 Å². The lowest BCUT2D eigenvalue weighted by molar-refractivity contribution is 0.127. The minimum absolute atomic E-state index is 0.126. The Kier molecular flexibility index (Phi) is 2.72. The van der Waals surface area contributed by atoms with E-state index in [9.17, 15) is 5.11 Å². The van der Waals surface area contributed by atoms with E-state index in [0.717, 1.165) is 6.42 Å². The molecule has 1 heteroatoms. The van der Waals surface area contributed by atoms with Gasteiger partial charge in [0.2, 0.25) is 0 Å². The maximum absolute atomic E-state index is 9.32. The van der Waals surface area contributed by atoms with Crippen LogP contribution >= 0.6 is 0 Å². The molecule has 3 unspecified atom stereocenters. The second kappa shape index (κ2) is 3.40. The van der Waals surface area contributed by atoms with Gasteiger partial charge >= 0.3 is 0 Å². The molecule has 11 heavy (non-hydrogen) atoms. The molecular weight excluding hydrogens is 136 g/mol. The Morgan fingerprint density at radius 3 is 2.45 bits per heavy atom. The fourth-order valence-electron chi connectivity index (χ4n) is 1.90. The highest BCUT2D eigenvalue weighted by atomic mass is 16.3. The zero-order chi connectivity index (χ0) is 8.43. The Morgan fingerprint density at radius 1 is 1.55 bits per heavy atom. The van der Waals surface area contributed by atoms with Gasteiger partial charge in [0, 0.05) is 0 Å². The summed E-state index contributed by atoms with van der Waals surface area (Å²) in [5.41, 5.74) is 1.29. The zero-order valence-corrected chi connectivity index (χ0v) is 7.51. The molecule has 0 aromatic heterocycles. The van der Waals surface area contributed by atoms with E-state index in [0.29, 0.717) is 11.8 Å². The van der Waals surface area contributed by atoms with Gasteiger partial charge in [0.25, 0.3) is 0 Å². The van der Waals surface area contributed by atoms with E-state index < -0.39 is 0 Å². The average molecular weight is 154 g/mol. The van der Waals surface area contributed by atoms with Crippen LogP contribution in [0.1, 0.15) is 33.1 Å². The Bertz CT molecular complexity index is 149. The first-order valence-electron chi connectivity index (χ1n) is 4.44. The number of aliphatic hydroxyl groups is 1. The van der Waals surface area contributed by atoms with E-state index in [1.54, 1.807) is 0 Å². The van der Waals surface area contributed by atoms with Crippen LogP contribution in [0.4, 0.5) is 0 Å². The Morgan fingerprint density at radius 2 is 2.18 bits per heavy atom. The molecule has 3 atom stereocenters. The Labute approximate surface area is 69.1 Å². The minimum Gasteiger partial charge on any atom is -0.393 e. The molecule has 0 aliphatic heterocycles. The van der Waals surface area contributed by atoms with Gasteiger partial charge in [0.15, 0.2) is 0 Å². The number of hydrogen-bond donors (Lipinski definition) is 1. The lowest BCUT2D eigenvalue weighted by Gasteiger charge is -2.13. The van der Waals surface area contributed by atoms with Crippen molar-refractivity contribution in [2.75, 3.05) is 0 Å². The van der Waals surface area contributed by atoms with Gasteiger partial charge in [-0.1, -0.05) is 12.2 Å². The summed E-state index contributed by atoms with van der Waals surface area (Å²) in [6.45, 7) is 7.94. The van der Waals surface area contributed by atoms with Crippen molar-refractivity contribution in [2.45, 2.75) is 39.2 Å². The predicted octanol–water partition coefficient (Wildman–Crippen LogP) is 2.36. The van der Waals surface area contributed by atoms with Gasteiger partial charge in [-0.25, -0.2) is 0 Å². The van der Waals surface area contributed by atoms with E-state index in [-0.39, 0.29) is 6.10 Å². The van der Waals surface area contributed by atoms with Crippen LogP contribution in [-0.2, 0) is 0 Å². The highest BCUT2D eigenvalue weighted by Gasteiger charge is 2.27. The Balaban J connectivity index is 2.41. The molecule has 1 saturated carbocycles. The maximum atomic E-state index is 9.32. The second-order valence-electron chi connectivity index (χ2n) is 3.86. The molecule has 1 aliphatic rings. The third-order valence-corrected chi connectivity index (χ3v) is 2.85. The van der Waals surface area contributed by atoms with Gasteiger partial charge in [-0.2, -0.15) is 0 Å². The van der Waals surface area contributed by atoms with Gasteiger partial charge in [-0.15, -0.1) is 0 Å². The van der Waals surface area contributed by atoms with Crippen LogP contribution in [0, 0.1) is 11.8 Å². The molecule has 0 heterocycles. The molecule has 1 aliphatic carbocycles. The quantitative estimate of drug-likeness (QED) is 0.605. The van der Waals surface area contributed by atoms with Gasteiger partial charge in [0.05, 0.1) is 6.10 Å². The maximum Gasteiger partial charge on any atom is 0.0540 e.